The number of aliphatic hydroxyl groups is 3. The molecule has 0 spiro atoms. The molecule has 0 saturated heterocycles. The van der Waals surface area contributed by atoms with E-state index in [4.69, 9.17) is 21.7 Å². The number of aliphatic carboxylic acids is 1. The molecule has 0 aliphatic heterocycles. The molecule has 7 amide bonds. The van der Waals surface area contributed by atoms with E-state index in [1.165, 1.54) is 13.8 Å². The molecule has 20 nitrogen and oxygen atoms in total. The minimum absolute atomic E-state index is 0.00210. The number of carbonyl (C=O) groups excluding carboxylic acids is 7. The Kier molecular flexibility index (Phi) is 17.9. The molecule has 0 aliphatic rings. The minimum Gasteiger partial charge on any atom is -0.480 e. The van der Waals surface area contributed by atoms with Gasteiger partial charge in [0.25, 0.3) is 0 Å². The molecular weight excluding hydrogens is 604 g/mol. The second kappa shape index (κ2) is 19.8. The first-order valence-electron chi connectivity index (χ1n) is 13.8. The van der Waals surface area contributed by atoms with Gasteiger partial charge in [-0.25, -0.2) is 4.79 Å². The number of aliphatic hydroxyl groups excluding tert-OH is 3. The topological polar surface area (TPSA) is 342 Å². The Morgan fingerprint density at radius 3 is 1.56 bits per heavy atom. The fourth-order valence-electron chi connectivity index (χ4n) is 3.61. The van der Waals surface area contributed by atoms with Gasteiger partial charge in [-0.2, -0.15) is 0 Å². The predicted octanol–water partition coefficient (Wildman–Crippen LogP) is -6.75. The van der Waals surface area contributed by atoms with E-state index < -0.39 is 116 Å². The van der Waals surface area contributed by atoms with E-state index in [9.17, 15) is 48.6 Å². The first-order chi connectivity index (χ1) is 20.9. The third kappa shape index (κ3) is 14.8. The van der Waals surface area contributed by atoms with Gasteiger partial charge < -0.3 is 63.8 Å². The summed E-state index contributed by atoms with van der Waals surface area (Å²) in [5.74, 6) is -8.75. The number of carbonyl (C=O) groups is 8. The SMILES string of the molecule is CC(C)C[C@H](NC(=O)[C@H](CC(N)=O)NC(=O)[C@H](CO)NC(=O)[C@@H](NC(=O)CN)[C@@H](C)O)C(=O)N[C@@H](C)C(=O)N[C@@H](CO)C(=O)O. The molecule has 0 aromatic heterocycles. The number of amides is 7. The number of carboxylic acid groups (broad SMARTS) is 1. The standard InChI is InChI=1S/C25H44N8O12/c1-10(2)5-13(21(40)28-11(3)20(39)32-16(9-35)25(44)45)29-22(41)14(6-17(27)37)30-23(42)15(8-34)31-24(43)19(12(4)36)33-18(38)7-26/h10-16,19,34-36H,5-9,26H2,1-4H3,(H2,27,37)(H,28,40)(H,29,41)(H,30,42)(H,31,43)(H,32,39)(H,33,38)(H,44,45)/t11-,12+,13-,14-,15-,16-,19-/m0/s1. The van der Waals surface area contributed by atoms with Crippen LogP contribution in [0.3, 0.4) is 0 Å². The van der Waals surface area contributed by atoms with Crippen molar-refractivity contribution in [1.29, 1.82) is 0 Å². The Labute approximate surface area is 258 Å². The molecule has 7 atom stereocenters. The van der Waals surface area contributed by atoms with E-state index in [1.54, 1.807) is 13.8 Å². The summed E-state index contributed by atoms with van der Waals surface area (Å²) in [6, 6.07) is -9.29. The zero-order valence-electron chi connectivity index (χ0n) is 25.4. The van der Waals surface area contributed by atoms with E-state index in [0.29, 0.717) is 0 Å². The summed E-state index contributed by atoms with van der Waals surface area (Å²) < 4.78 is 0. The smallest absolute Gasteiger partial charge is 0.328 e. The second-order valence-corrected chi connectivity index (χ2v) is 10.5. The molecule has 0 radical (unpaired) electrons. The molecule has 0 fully saturated rings. The fourth-order valence-corrected chi connectivity index (χ4v) is 3.61. The maximum absolute atomic E-state index is 13.1. The molecule has 0 aromatic rings. The van der Waals surface area contributed by atoms with Gasteiger partial charge in [0.15, 0.2) is 0 Å². The van der Waals surface area contributed by atoms with E-state index in [2.05, 4.69) is 26.6 Å². The Balaban J connectivity index is 5.79. The summed E-state index contributed by atoms with van der Waals surface area (Å²) in [6.45, 7) is 3.36. The average Bonchev–Trinajstić information content (AvgIpc) is 2.94. The van der Waals surface area contributed by atoms with Crippen molar-refractivity contribution in [2.24, 2.45) is 17.4 Å². The number of nitrogens with one attached hydrogen (secondary N) is 6. The predicted molar refractivity (Wildman–Crippen MR) is 153 cm³/mol. The van der Waals surface area contributed by atoms with Crippen LogP contribution in [0.15, 0.2) is 0 Å². The zero-order valence-corrected chi connectivity index (χ0v) is 25.4. The van der Waals surface area contributed by atoms with Gasteiger partial charge in [0, 0.05) is 0 Å². The van der Waals surface area contributed by atoms with Crippen molar-refractivity contribution in [3.63, 3.8) is 0 Å². The van der Waals surface area contributed by atoms with Crippen molar-refractivity contribution < 1.29 is 58.8 Å². The number of rotatable bonds is 20. The number of carboxylic acids is 1. The summed E-state index contributed by atoms with van der Waals surface area (Å²) >= 11 is 0. The van der Waals surface area contributed by atoms with Crippen LogP contribution in [0.4, 0.5) is 0 Å². The molecule has 45 heavy (non-hydrogen) atoms. The molecule has 0 aromatic carbocycles. The van der Waals surface area contributed by atoms with Crippen LogP contribution in [0.1, 0.15) is 40.5 Å². The Morgan fingerprint density at radius 2 is 1.11 bits per heavy atom. The number of primary amides is 1. The largest absolute Gasteiger partial charge is 0.480 e. The van der Waals surface area contributed by atoms with Gasteiger partial charge in [0.1, 0.15) is 36.3 Å². The molecule has 0 saturated carbocycles. The Hall–Kier alpha value is -4.40. The van der Waals surface area contributed by atoms with Crippen molar-refractivity contribution in [3.8, 4) is 0 Å². The van der Waals surface area contributed by atoms with Crippen LogP contribution in [0.2, 0.25) is 0 Å². The van der Waals surface area contributed by atoms with Crippen molar-refractivity contribution in [3.05, 3.63) is 0 Å². The highest BCUT2D eigenvalue weighted by Gasteiger charge is 2.34. The first-order valence-corrected chi connectivity index (χ1v) is 13.8. The monoisotopic (exact) mass is 648 g/mol. The number of hydrogen-bond donors (Lipinski definition) is 12. The highest BCUT2D eigenvalue weighted by Crippen LogP contribution is 2.07. The molecule has 0 rings (SSSR count). The highest BCUT2D eigenvalue weighted by atomic mass is 16.4. The maximum Gasteiger partial charge on any atom is 0.328 e. The van der Waals surface area contributed by atoms with Crippen LogP contribution >= 0.6 is 0 Å². The Morgan fingerprint density at radius 1 is 0.644 bits per heavy atom. The van der Waals surface area contributed by atoms with E-state index >= 15 is 0 Å². The fraction of sp³-hybridized carbons (Fsp3) is 0.680. The first kappa shape index (κ1) is 40.6. The normalized spacial score (nSPS) is 15.6. The van der Waals surface area contributed by atoms with Gasteiger partial charge in [-0.15, -0.1) is 0 Å². The zero-order chi connectivity index (χ0) is 35.0. The summed E-state index contributed by atoms with van der Waals surface area (Å²) in [4.78, 5) is 98.3. The van der Waals surface area contributed by atoms with Crippen LogP contribution in [-0.2, 0) is 38.4 Å². The van der Waals surface area contributed by atoms with Gasteiger partial charge in [-0.3, -0.25) is 33.6 Å². The lowest BCUT2D eigenvalue weighted by Gasteiger charge is -2.27. The summed E-state index contributed by atoms with van der Waals surface area (Å²) in [6.07, 6.45) is -2.22. The quantitative estimate of drug-likeness (QED) is 0.0585. The molecule has 0 aliphatic carbocycles. The molecule has 256 valence electrons. The van der Waals surface area contributed by atoms with Crippen LogP contribution in [-0.4, -0.2) is 130 Å². The highest BCUT2D eigenvalue weighted by molar-refractivity contribution is 5.98. The lowest BCUT2D eigenvalue weighted by Crippen LogP contribution is -2.61. The lowest BCUT2D eigenvalue weighted by atomic mass is 10.0. The number of hydrogen-bond acceptors (Lipinski definition) is 12. The molecular formula is C25H44N8O12. The number of nitrogens with two attached hydrogens (primary N) is 2. The summed E-state index contributed by atoms with van der Waals surface area (Å²) in [5.41, 5.74) is 10.4. The van der Waals surface area contributed by atoms with Gasteiger partial charge in [-0.1, -0.05) is 13.8 Å². The van der Waals surface area contributed by atoms with Crippen molar-refractivity contribution in [2.75, 3.05) is 19.8 Å². The van der Waals surface area contributed by atoms with Crippen molar-refractivity contribution >= 4 is 47.3 Å². The third-order valence-corrected chi connectivity index (χ3v) is 6.01. The third-order valence-electron chi connectivity index (χ3n) is 6.01. The summed E-state index contributed by atoms with van der Waals surface area (Å²) in [7, 11) is 0. The van der Waals surface area contributed by atoms with E-state index in [1.807, 2.05) is 5.32 Å². The minimum atomic E-state index is -1.74. The maximum atomic E-state index is 13.1. The molecule has 0 heterocycles. The van der Waals surface area contributed by atoms with Crippen LogP contribution in [0, 0.1) is 5.92 Å². The van der Waals surface area contributed by atoms with Gasteiger partial charge >= 0.3 is 5.97 Å². The molecule has 20 heteroatoms. The average molecular weight is 649 g/mol. The van der Waals surface area contributed by atoms with Gasteiger partial charge in [0.2, 0.25) is 41.4 Å². The Bertz CT molecular complexity index is 1090. The van der Waals surface area contributed by atoms with Crippen molar-refractivity contribution in [2.45, 2.75) is 82.9 Å². The van der Waals surface area contributed by atoms with Gasteiger partial charge in [-0.05, 0) is 26.2 Å². The van der Waals surface area contributed by atoms with E-state index in [-0.39, 0.29) is 12.3 Å². The van der Waals surface area contributed by atoms with Crippen LogP contribution in [0.5, 0.6) is 0 Å². The van der Waals surface area contributed by atoms with Crippen molar-refractivity contribution in [1.82, 2.24) is 31.9 Å². The lowest BCUT2D eigenvalue weighted by molar-refractivity contribution is -0.143. The van der Waals surface area contributed by atoms with Crippen LogP contribution in [0.25, 0.3) is 0 Å². The second-order valence-electron chi connectivity index (χ2n) is 10.5. The molecule has 0 bridgehead atoms. The van der Waals surface area contributed by atoms with E-state index in [0.717, 1.165) is 0 Å². The molecule has 0 unspecified atom stereocenters. The van der Waals surface area contributed by atoms with Crippen LogP contribution < -0.4 is 43.4 Å². The summed E-state index contributed by atoms with van der Waals surface area (Å²) in [5, 5.41) is 50.7. The molecule has 14 N–H and O–H groups in total. The van der Waals surface area contributed by atoms with Gasteiger partial charge in [0.05, 0.1) is 32.3 Å².